The predicted octanol–water partition coefficient (Wildman–Crippen LogP) is 1.88. The van der Waals surface area contributed by atoms with E-state index in [0.29, 0.717) is 6.54 Å². The molecular weight excluding hydrogens is 238 g/mol. The molecule has 1 aliphatic carbocycles. The number of nitrogens with two attached hydrogens (primary N) is 1. The van der Waals surface area contributed by atoms with Gasteiger partial charge in [0, 0.05) is 18.8 Å². The SMILES string of the molecule is NC1(C(=O)NCCCNc2ccccc2)CCCC1. The Morgan fingerprint density at radius 1 is 1.16 bits per heavy atom. The Labute approximate surface area is 114 Å². The molecule has 0 radical (unpaired) electrons. The van der Waals surface area contributed by atoms with Crippen molar-refractivity contribution in [3.8, 4) is 0 Å². The van der Waals surface area contributed by atoms with E-state index >= 15 is 0 Å². The molecular formula is C15H23N3O. The molecule has 19 heavy (non-hydrogen) atoms. The second-order valence-corrected chi connectivity index (χ2v) is 5.27. The first-order valence-corrected chi connectivity index (χ1v) is 7.07. The van der Waals surface area contributed by atoms with E-state index in [1.807, 2.05) is 30.3 Å². The third-order valence-corrected chi connectivity index (χ3v) is 3.69. The van der Waals surface area contributed by atoms with Crippen molar-refractivity contribution in [3.05, 3.63) is 30.3 Å². The van der Waals surface area contributed by atoms with Gasteiger partial charge in [-0.05, 0) is 31.4 Å². The van der Waals surface area contributed by atoms with Crippen LogP contribution in [0.3, 0.4) is 0 Å². The van der Waals surface area contributed by atoms with E-state index < -0.39 is 5.54 Å². The molecule has 104 valence electrons. The van der Waals surface area contributed by atoms with Gasteiger partial charge in [0.05, 0.1) is 5.54 Å². The summed E-state index contributed by atoms with van der Waals surface area (Å²) in [7, 11) is 0. The van der Waals surface area contributed by atoms with Gasteiger partial charge in [-0.1, -0.05) is 31.0 Å². The van der Waals surface area contributed by atoms with E-state index in [9.17, 15) is 4.79 Å². The molecule has 0 spiro atoms. The molecule has 1 aliphatic rings. The minimum Gasteiger partial charge on any atom is -0.385 e. The molecule has 0 saturated heterocycles. The Morgan fingerprint density at radius 3 is 2.53 bits per heavy atom. The van der Waals surface area contributed by atoms with Crippen LogP contribution in [0.4, 0.5) is 5.69 Å². The van der Waals surface area contributed by atoms with Gasteiger partial charge in [0.2, 0.25) is 5.91 Å². The third kappa shape index (κ3) is 3.96. The number of hydrogen-bond donors (Lipinski definition) is 3. The lowest BCUT2D eigenvalue weighted by molar-refractivity contribution is -0.126. The fourth-order valence-electron chi connectivity index (χ4n) is 2.49. The molecule has 0 bridgehead atoms. The fraction of sp³-hybridized carbons (Fsp3) is 0.533. The Bertz CT molecular complexity index is 399. The maximum Gasteiger partial charge on any atom is 0.240 e. The van der Waals surface area contributed by atoms with Crippen molar-refractivity contribution in [1.29, 1.82) is 0 Å². The molecule has 1 aromatic carbocycles. The second-order valence-electron chi connectivity index (χ2n) is 5.27. The zero-order chi connectivity index (χ0) is 13.6. The van der Waals surface area contributed by atoms with Crippen LogP contribution in [-0.4, -0.2) is 24.5 Å². The van der Waals surface area contributed by atoms with Gasteiger partial charge in [-0.3, -0.25) is 4.79 Å². The van der Waals surface area contributed by atoms with Crippen molar-refractivity contribution >= 4 is 11.6 Å². The first-order chi connectivity index (χ1) is 9.21. The highest BCUT2D eigenvalue weighted by atomic mass is 16.2. The summed E-state index contributed by atoms with van der Waals surface area (Å²) in [6.45, 7) is 1.53. The highest BCUT2D eigenvalue weighted by Crippen LogP contribution is 2.27. The van der Waals surface area contributed by atoms with Gasteiger partial charge in [-0.25, -0.2) is 0 Å². The summed E-state index contributed by atoms with van der Waals surface area (Å²) in [5, 5.41) is 6.26. The lowest BCUT2D eigenvalue weighted by atomic mass is 9.98. The first kappa shape index (κ1) is 13.9. The quantitative estimate of drug-likeness (QED) is 0.685. The molecule has 0 aliphatic heterocycles. The summed E-state index contributed by atoms with van der Waals surface area (Å²) in [6.07, 6.45) is 4.68. The highest BCUT2D eigenvalue weighted by Gasteiger charge is 2.36. The number of carbonyl (C=O) groups is 1. The predicted molar refractivity (Wildman–Crippen MR) is 77.9 cm³/mol. The average Bonchev–Trinajstić information content (AvgIpc) is 2.88. The Kier molecular flexibility index (Phi) is 4.80. The summed E-state index contributed by atoms with van der Waals surface area (Å²) < 4.78 is 0. The molecule has 0 unspecified atom stereocenters. The molecule has 4 heteroatoms. The third-order valence-electron chi connectivity index (χ3n) is 3.69. The minimum absolute atomic E-state index is 0.0183. The van der Waals surface area contributed by atoms with Gasteiger partial charge in [-0.15, -0.1) is 0 Å². The zero-order valence-electron chi connectivity index (χ0n) is 11.3. The second kappa shape index (κ2) is 6.57. The van der Waals surface area contributed by atoms with E-state index in [1.54, 1.807) is 0 Å². The molecule has 1 amide bonds. The number of hydrogen-bond acceptors (Lipinski definition) is 3. The van der Waals surface area contributed by atoms with Crippen LogP contribution in [-0.2, 0) is 4.79 Å². The van der Waals surface area contributed by atoms with Crippen LogP contribution in [0.15, 0.2) is 30.3 Å². The standard InChI is InChI=1S/C15H23N3O/c16-15(9-4-5-10-15)14(19)18-12-6-11-17-13-7-2-1-3-8-13/h1-3,7-8,17H,4-6,9-12,16H2,(H,18,19). The Balaban J connectivity index is 1.60. The normalized spacial score (nSPS) is 17.1. The summed E-state index contributed by atoms with van der Waals surface area (Å²) in [5.74, 6) is 0.0183. The summed E-state index contributed by atoms with van der Waals surface area (Å²) in [6, 6.07) is 10.1. The van der Waals surface area contributed by atoms with Crippen molar-refractivity contribution in [2.75, 3.05) is 18.4 Å². The maximum atomic E-state index is 11.9. The van der Waals surface area contributed by atoms with E-state index in [1.165, 1.54) is 0 Å². The lowest BCUT2D eigenvalue weighted by Gasteiger charge is -2.22. The van der Waals surface area contributed by atoms with Gasteiger partial charge in [0.25, 0.3) is 0 Å². The van der Waals surface area contributed by atoms with Crippen LogP contribution < -0.4 is 16.4 Å². The van der Waals surface area contributed by atoms with E-state index in [-0.39, 0.29) is 5.91 Å². The average molecular weight is 261 g/mol. The van der Waals surface area contributed by atoms with Gasteiger partial charge in [0.15, 0.2) is 0 Å². The molecule has 1 saturated carbocycles. The van der Waals surface area contributed by atoms with Crippen LogP contribution in [0.1, 0.15) is 32.1 Å². The fourth-order valence-corrected chi connectivity index (χ4v) is 2.49. The van der Waals surface area contributed by atoms with E-state index in [0.717, 1.165) is 44.3 Å². The van der Waals surface area contributed by atoms with Crippen LogP contribution in [0, 0.1) is 0 Å². The summed E-state index contributed by atoms with van der Waals surface area (Å²) >= 11 is 0. The summed E-state index contributed by atoms with van der Waals surface area (Å²) in [5.41, 5.74) is 6.59. The summed E-state index contributed by atoms with van der Waals surface area (Å²) in [4.78, 5) is 11.9. The molecule has 4 nitrogen and oxygen atoms in total. The maximum absolute atomic E-state index is 11.9. The number of rotatable bonds is 6. The number of amides is 1. The molecule has 0 atom stereocenters. The van der Waals surface area contributed by atoms with E-state index in [2.05, 4.69) is 10.6 Å². The van der Waals surface area contributed by atoms with Crippen LogP contribution in [0.2, 0.25) is 0 Å². The zero-order valence-corrected chi connectivity index (χ0v) is 11.3. The Morgan fingerprint density at radius 2 is 1.84 bits per heavy atom. The molecule has 0 aromatic heterocycles. The molecule has 2 rings (SSSR count). The number of para-hydroxylation sites is 1. The van der Waals surface area contributed by atoms with Crippen LogP contribution >= 0.6 is 0 Å². The van der Waals surface area contributed by atoms with Crippen LogP contribution in [0.25, 0.3) is 0 Å². The number of anilines is 1. The monoisotopic (exact) mass is 261 g/mol. The van der Waals surface area contributed by atoms with Gasteiger partial charge < -0.3 is 16.4 Å². The van der Waals surface area contributed by atoms with Crippen molar-refractivity contribution in [3.63, 3.8) is 0 Å². The molecule has 4 N–H and O–H groups in total. The van der Waals surface area contributed by atoms with Crippen molar-refractivity contribution < 1.29 is 4.79 Å². The largest absolute Gasteiger partial charge is 0.385 e. The van der Waals surface area contributed by atoms with Gasteiger partial charge in [0.1, 0.15) is 0 Å². The Hall–Kier alpha value is -1.55. The number of nitrogens with one attached hydrogen (secondary N) is 2. The molecule has 0 heterocycles. The van der Waals surface area contributed by atoms with Crippen molar-refractivity contribution in [2.45, 2.75) is 37.6 Å². The first-order valence-electron chi connectivity index (χ1n) is 7.07. The molecule has 1 fully saturated rings. The molecule has 1 aromatic rings. The van der Waals surface area contributed by atoms with Gasteiger partial charge >= 0.3 is 0 Å². The van der Waals surface area contributed by atoms with E-state index in [4.69, 9.17) is 5.73 Å². The minimum atomic E-state index is -0.604. The smallest absolute Gasteiger partial charge is 0.240 e. The topological polar surface area (TPSA) is 67.2 Å². The highest BCUT2D eigenvalue weighted by molar-refractivity contribution is 5.86. The van der Waals surface area contributed by atoms with Crippen LogP contribution in [0.5, 0.6) is 0 Å². The van der Waals surface area contributed by atoms with Gasteiger partial charge in [-0.2, -0.15) is 0 Å². The number of benzene rings is 1. The lowest BCUT2D eigenvalue weighted by Crippen LogP contribution is -2.52. The van der Waals surface area contributed by atoms with Crippen molar-refractivity contribution in [1.82, 2.24) is 5.32 Å². The number of carbonyl (C=O) groups excluding carboxylic acids is 1. The van der Waals surface area contributed by atoms with Crippen molar-refractivity contribution in [2.24, 2.45) is 5.73 Å².